The number of aryl methyl sites for hydroxylation is 3. The number of amides is 1. The van der Waals surface area contributed by atoms with Crippen LogP contribution in [0.3, 0.4) is 0 Å². The fourth-order valence-electron chi connectivity index (χ4n) is 2.76. The van der Waals surface area contributed by atoms with Crippen molar-refractivity contribution in [3.63, 3.8) is 0 Å². The molecule has 5 nitrogen and oxygen atoms in total. The van der Waals surface area contributed by atoms with Crippen LogP contribution in [0.5, 0.6) is 0 Å². The van der Waals surface area contributed by atoms with Gasteiger partial charge in [-0.25, -0.2) is 9.97 Å². The van der Waals surface area contributed by atoms with E-state index < -0.39 is 0 Å². The van der Waals surface area contributed by atoms with Crippen molar-refractivity contribution in [2.45, 2.75) is 27.2 Å². The average molecular weight is 346 g/mol. The van der Waals surface area contributed by atoms with Crippen LogP contribution in [-0.2, 0) is 6.42 Å². The van der Waals surface area contributed by atoms with Crippen LogP contribution in [0, 0.1) is 13.8 Å². The molecule has 26 heavy (non-hydrogen) atoms. The quantitative estimate of drug-likeness (QED) is 0.705. The van der Waals surface area contributed by atoms with Gasteiger partial charge in [0.15, 0.2) is 0 Å². The summed E-state index contributed by atoms with van der Waals surface area (Å²) in [6, 6.07) is 15.4. The van der Waals surface area contributed by atoms with Crippen LogP contribution < -0.4 is 10.6 Å². The fourth-order valence-corrected chi connectivity index (χ4v) is 2.76. The van der Waals surface area contributed by atoms with E-state index in [9.17, 15) is 4.79 Å². The van der Waals surface area contributed by atoms with Gasteiger partial charge in [0.05, 0.1) is 0 Å². The molecular weight excluding hydrogens is 324 g/mol. The van der Waals surface area contributed by atoms with E-state index in [2.05, 4.69) is 33.6 Å². The molecule has 0 radical (unpaired) electrons. The van der Waals surface area contributed by atoms with Crippen LogP contribution >= 0.6 is 0 Å². The highest BCUT2D eigenvalue weighted by Gasteiger charge is 2.12. The summed E-state index contributed by atoms with van der Waals surface area (Å²) in [6.07, 6.45) is 2.49. The topological polar surface area (TPSA) is 66.9 Å². The summed E-state index contributed by atoms with van der Waals surface area (Å²) < 4.78 is 0. The van der Waals surface area contributed by atoms with Gasteiger partial charge in [-0.3, -0.25) is 4.79 Å². The summed E-state index contributed by atoms with van der Waals surface area (Å²) >= 11 is 0. The van der Waals surface area contributed by atoms with Gasteiger partial charge in [0, 0.05) is 17.6 Å². The first-order chi connectivity index (χ1) is 12.6. The highest BCUT2D eigenvalue weighted by molar-refractivity contribution is 6.03. The SMILES string of the molecule is CCc1cccc(C)c1Nc1nccc(C(=O)Nc2ccccc2C)n1. The summed E-state index contributed by atoms with van der Waals surface area (Å²) in [5, 5.41) is 6.15. The Hall–Kier alpha value is -3.21. The minimum Gasteiger partial charge on any atom is -0.324 e. The molecule has 1 heterocycles. The number of carbonyl (C=O) groups excluding carboxylic acids is 1. The number of nitrogens with one attached hydrogen (secondary N) is 2. The van der Waals surface area contributed by atoms with E-state index in [1.165, 1.54) is 5.56 Å². The smallest absolute Gasteiger partial charge is 0.274 e. The molecule has 2 N–H and O–H groups in total. The first-order valence-corrected chi connectivity index (χ1v) is 8.64. The largest absolute Gasteiger partial charge is 0.324 e. The second-order valence-electron chi connectivity index (χ2n) is 6.12. The standard InChI is InChI=1S/C21H22N4O/c1-4-16-10-7-9-15(3)19(16)25-21-22-13-12-18(24-21)20(26)23-17-11-6-5-8-14(17)2/h5-13H,4H2,1-3H3,(H,23,26)(H,22,24,25). The molecule has 0 spiro atoms. The Morgan fingerprint density at radius 1 is 1.00 bits per heavy atom. The molecule has 2 aromatic carbocycles. The normalized spacial score (nSPS) is 10.4. The summed E-state index contributed by atoms with van der Waals surface area (Å²) in [5.41, 5.74) is 5.38. The fraction of sp³-hybridized carbons (Fsp3) is 0.190. The second kappa shape index (κ2) is 7.78. The number of para-hydroxylation sites is 2. The summed E-state index contributed by atoms with van der Waals surface area (Å²) in [5.74, 6) is 0.150. The molecule has 0 saturated heterocycles. The van der Waals surface area contributed by atoms with E-state index in [0.29, 0.717) is 11.6 Å². The lowest BCUT2D eigenvalue weighted by molar-refractivity contribution is 0.102. The van der Waals surface area contributed by atoms with Crippen molar-refractivity contribution in [3.8, 4) is 0 Å². The molecule has 0 aliphatic heterocycles. The Labute approximate surface area is 153 Å². The van der Waals surface area contributed by atoms with E-state index in [4.69, 9.17) is 0 Å². The van der Waals surface area contributed by atoms with Gasteiger partial charge in [-0.05, 0) is 49.1 Å². The first kappa shape index (κ1) is 17.6. The van der Waals surface area contributed by atoms with Gasteiger partial charge in [-0.15, -0.1) is 0 Å². The predicted molar refractivity (Wildman–Crippen MR) is 105 cm³/mol. The van der Waals surface area contributed by atoms with Crippen molar-refractivity contribution in [1.82, 2.24) is 9.97 Å². The zero-order valence-corrected chi connectivity index (χ0v) is 15.2. The molecule has 0 bridgehead atoms. The lowest BCUT2D eigenvalue weighted by atomic mass is 10.1. The Kier molecular flexibility index (Phi) is 5.27. The second-order valence-corrected chi connectivity index (χ2v) is 6.12. The van der Waals surface area contributed by atoms with Crippen molar-refractivity contribution >= 4 is 23.2 Å². The molecule has 1 amide bonds. The zero-order chi connectivity index (χ0) is 18.5. The number of rotatable bonds is 5. The van der Waals surface area contributed by atoms with Crippen molar-refractivity contribution in [2.75, 3.05) is 10.6 Å². The van der Waals surface area contributed by atoms with Gasteiger partial charge in [-0.2, -0.15) is 0 Å². The van der Waals surface area contributed by atoms with Crippen molar-refractivity contribution in [1.29, 1.82) is 0 Å². The van der Waals surface area contributed by atoms with E-state index >= 15 is 0 Å². The van der Waals surface area contributed by atoms with Gasteiger partial charge in [0.25, 0.3) is 5.91 Å². The van der Waals surface area contributed by atoms with Crippen molar-refractivity contribution in [2.24, 2.45) is 0 Å². The maximum Gasteiger partial charge on any atom is 0.274 e. The lowest BCUT2D eigenvalue weighted by Crippen LogP contribution is -2.15. The van der Waals surface area contributed by atoms with Crippen molar-refractivity contribution < 1.29 is 4.79 Å². The van der Waals surface area contributed by atoms with Crippen LogP contribution in [-0.4, -0.2) is 15.9 Å². The van der Waals surface area contributed by atoms with E-state index in [1.807, 2.05) is 50.2 Å². The number of hydrogen-bond acceptors (Lipinski definition) is 4. The Morgan fingerprint density at radius 3 is 2.54 bits per heavy atom. The average Bonchev–Trinajstić information content (AvgIpc) is 2.65. The number of benzene rings is 2. The number of carbonyl (C=O) groups is 1. The number of aromatic nitrogens is 2. The molecule has 0 aliphatic carbocycles. The first-order valence-electron chi connectivity index (χ1n) is 8.64. The lowest BCUT2D eigenvalue weighted by Gasteiger charge is -2.13. The number of hydrogen-bond donors (Lipinski definition) is 2. The molecule has 5 heteroatoms. The van der Waals surface area contributed by atoms with Gasteiger partial charge >= 0.3 is 0 Å². The molecule has 3 aromatic rings. The highest BCUT2D eigenvalue weighted by Crippen LogP contribution is 2.24. The molecule has 0 fully saturated rings. The monoisotopic (exact) mass is 346 g/mol. The summed E-state index contributed by atoms with van der Waals surface area (Å²) in [4.78, 5) is 21.2. The summed E-state index contributed by atoms with van der Waals surface area (Å²) in [7, 11) is 0. The number of anilines is 3. The van der Waals surface area contributed by atoms with E-state index in [1.54, 1.807) is 12.3 Å². The predicted octanol–water partition coefficient (Wildman–Crippen LogP) is 4.65. The Morgan fingerprint density at radius 2 is 1.77 bits per heavy atom. The van der Waals surface area contributed by atoms with E-state index in [0.717, 1.165) is 28.9 Å². The minimum atomic E-state index is -0.259. The molecule has 0 unspecified atom stereocenters. The molecular formula is C21H22N4O. The van der Waals surface area contributed by atoms with Gasteiger partial charge in [0.1, 0.15) is 5.69 Å². The Balaban J connectivity index is 1.83. The third kappa shape index (κ3) is 3.88. The summed E-state index contributed by atoms with van der Waals surface area (Å²) in [6.45, 7) is 6.09. The van der Waals surface area contributed by atoms with Crippen LogP contribution in [0.15, 0.2) is 54.7 Å². The van der Waals surface area contributed by atoms with Gasteiger partial charge in [-0.1, -0.05) is 43.3 Å². The number of nitrogens with zero attached hydrogens (tertiary/aromatic N) is 2. The van der Waals surface area contributed by atoms with Crippen LogP contribution in [0.2, 0.25) is 0 Å². The molecule has 1 aromatic heterocycles. The molecule has 0 aliphatic rings. The molecule has 0 atom stereocenters. The van der Waals surface area contributed by atoms with E-state index in [-0.39, 0.29) is 5.91 Å². The zero-order valence-electron chi connectivity index (χ0n) is 15.2. The Bertz CT molecular complexity index is 937. The third-order valence-electron chi connectivity index (χ3n) is 4.26. The molecule has 132 valence electrons. The maximum absolute atomic E-state index is 12.5. The van der Waals surface area contributed by atoms with Crippen molar-refractivity contribution in [3.05, 3.63) is 77.1 Å². The minimum absolute atomic E-state index is 0.259. The third-order valence-corrected chi connectivity index (χ3v) is 4.26. The van der Waals surface area contributed by atoms with Gasteiger partial charge in [0.2, 0.25) is 5.95 Å². The van der Waals surface area contributed by atoms with Crippen LogP contribution in [0.1, 0.15) is 34.1 Å². The molecule has 3 rings (SSSR count). The maximum atomic E-state index is 12.5. The van der Waals surface area contributed by atoms with Crippen LogP contribution in [0.25, 0.3) is 0 Å². The molecule has 0 saturated carbocycles. The highest BCUT2D eigenvalue weighted by atomic mass is 16.1. The van der Waals surface area contributed by atoms with Gasteiger partial charge < -0.3 is 10.6 Å². The van der Waals surface area contributed by atoms with Crippen LogP contribution in [0.4, 0.5) is 17.3 Å².